The number of nitrogens with zero attached hydrogens (tertiary/aromatic N) is 4. The Morgan fingerprint density at radius 2 is 1.91 bits per heavy atom. The van der Waals surface area contributed by atoms with E-state index in [4.69, 9.17) is 31.5 Å². The summed E-state index contributed by atoms with van der Waals surface area (Å²) in [7, 11) is 0. The lowest BCUT2D eigenvalue weighted by Gasteiger charge is -2.13. The summed E-state index contributed by atoms with van der Waals surface area (Å²) in [6, 6.07) is 14.4. The van der Waals surface area contributed by atoms with Crippen LogP contribution in [-0.2, 0) is 11.3 Å². The molecule has 5 rings (SSSR count). The van der Waals surface area contributed by atoms with Crippen molar-refractivity contribution in [2.24, 2.45) is 0 Å². The number of anilines is 3. The minimum absolute atomic E-state index is 0.0318. The van der Waals surface area contributed by atoms with Crippen LogP contribution in [0.25, 0.3) is 21.8 Å². The zero-order valence-corrected chi connectivity index (χ0v) is 19.3. The van der Waals surface area contributed by atoms with Gasteiger partial charge in [-0.25, -0.2) is 19.3 Å². The zero-order chi connectivity index (χ0) is 24.8. The lowest BCUT2D eigenvalue weighted by molar-refractivity contribution is -0.122. The third-order valence-corrected chi connectivity index (χ3v) is 5.33. The third kappa shape index (κ3) is 5.59. The Bertz CT molecular complexity index is 1500. The number of aromatic nitrogens is 4. The van der Waals surface area contributed by atoms with Crippen molar-refractivity contribution in [1.29, 1.82) is 0 Å². The zero-order valence-electron chi connectivity index (χ0n) is 18.5. The standard InChI is InChI=1S/C24H18ClFN6.CH2O2/c1-14-4-6-17-18-13-29-24(28-12-15-3-2-8-27-11-15)32-22(18)23(31-21(17)9-14)30-16-5-7-20(26)19(25)10-16;2-1-3/h2-11,13H,12H2,1H3,(H,30,31)(H,28,29,32);1H,(H,2,3). The van der Waals surface area contributed by atoms with Crippen LogP contribution in [0.5, 0.6) is 0 Å². The second-order valence-corrected chi connectivity index (χ2v) is 7.92. The van der Waals surface area contributed by atoms with Gasteiger partial charge >= 0.3 is 0 Å². The quantitative estimate of drug-likeness (QED) is 0.211. The minimum atomic E-state index is -0.478. The van der Waals surface area contributed by atoms with Crippen molar-refractivity contribution in [1.82, 2.24) is 19.9 Å². The highest BCUT2D eigenvalue weighted by Crippen LogP contribution is 2.31. The summed E-state index contributed by atoms with van der Waals surface area (Å²) in [6.45, 7) is 2.30. The Labute approximate surface area is 204 Å². The Balaban J connectivity index is 0.000000917. The Kier molecular flexibility index (Phi) is 7.27. The van der Waals surface area contributed by atoms with Crippen LogP contribution in [0.1, 0.15) is 11.1 Å². The van der Waals surface area contributed by atoms with Crippen molar-refractivity contribution in [3.63, 3.8) is 0 Å². The van der Waals surface area contributed by atoms with Gasteiger partial charge in [0.2, 0.25) is 5.95 Å². The molecule has 3 N–H and O–H groups in total. The molecule has 0 amide bonds. The highest BCUT2D eigenvalue weighted by atomic mass is 35.5. The van der Waals surface area contributed by atoms with Crippen LogP contribution in [-0.4, -0.2) is 31.5 Å². The van der Waals surface area contributed by atoms with E-state index in [9.17, 15) is 4.39 Å². The number of rotatable bonds is 5. The first-order valence-corrected chi connectivity index (χ1v) is 10.9. The molecule has 0 saturated carbocycles. The van der Waals surface area contributed by atoms with E-state index in [1.807, 2.05) is 37.3 Å². The second kappa shape index (κ2) is 10.7. The normalized spacial score (nSPS) is 10.5. The predicted molar refractivity (Wildman–Crippen MR) is 135 cm³/mol. The summed E-state index contributed by atoms with van der Waals surface area (Å²) in [4.78, 5) is 26.5. The molecule has 0 bridgehead atoms. The van der Waals surface area contributed by atoms with Gasteiger partial charge in [0.25, 0.3) is 6.47 Å². The molecule has 0 radical (unpaired) electrons. The van der Waals surface area contributed by atoms with Crippen LogP contribution < -0.4 is 10.6 Å². The van der Waals surface area contributed by atoms with Crippen molar-refractivity contribution in [3.8, 4) is 0 Å². The van der Waals surface area contributed by atoms with Crippen LogP contribution in [0.2, 0.25) is 5.02 Å². The molecule has 2 aromatic carbocycles. The van der Waals surface area contributed by atoms with Gasteiger partial charge in [-0.1, -0.05) is 29.8 Å². The van der Waals surface area contributed by atoms with Gasteiger partial charge in [-0.2, -0.15) is 0 Å². The molecule has 5 aromatic rings. The molecule has 0 atom stereocenters. The molecule has 3 heterocycles. The number of pyridine rings is 2. The maximum Gasteiger partial charge on any atom is 0.290 e. The van der Waals surface area contributed by atoms with E-state index in [1.54, 1.807) is 24.7 Å². The van der Waals surface area contributed by atoms with Gasteiger partial charge in [0.15, 0.2) is 5.82 Å². The first-order chi connectivity index (χ1) is 17.0. The predicted octanol–water partition coefficient (Wildman–Crippen LogP) is 5.73. The molecule has 3 aromatic heterocycles. The summed E-state index contributed by atoms with van der Waals surface area (Å²) in [5.41, 5.74) is 4.18. The van der Waals surface area contributed by atoms with E-state index in [0.29, 0.717) is 29.5 Å². The first kappa shape index (κ1) is 23.8. The maximum atomic E-state index is 13.6. The number of fused-ring (bicyclic) bond motifs is 3. The van der Waals surface area contributed by atoms with Gasteiger partial charge < -0.3 is 15.7 Å². The number of halogens is 2. The lowest BCUT2D eigenvalue weighted by Crippen LogP contribution is -2.05. The topological polar surface area (TPSA) is 113 Å². The summed E-state index contributed by atoms with van der Waals surface area (Å²) < 4.78 is 13.6. The summed E-state index contributed by atoms with van der Waals surface area (Å²) in [5.74, 6) is 0.524. The third-order valence-electron chi connectivity index (χ3n) is 5.04. The van der Waals surface area contributed by atoms with Crippen molar-refractivity contribution >= 4 is 57.3 Å². The molecular formula is C25H20ClFN6O2. The number of hydrogen-bond acceptors (Lipinski definition) is 7. The molecule has 10 heteroatoms. The van der Waals surface area contributed by atoms with E-state index >= 15 is 0 Å². The molecular weight excluding hydrogens is 471 g/mol. The average molecular weight is 491 g/mol. The molecule has 0 saturated heterocycles. The molecule has 35 heavy (non-hydrogen) atoms. The monoisotopic (exact) mass is 490 g/mol. The highest BCUT2D eigenvalue weighted by Gasteiger charge is 2.13. The summed E-state index contributed by atoms with van der Waals surface area (Å²) in [6.07, 6.45) is 5.31. The van der Waals surface area contributed by atoms with Gasteiger partial charge in [-0.05, 0) is 48.4 Å². The first-order valence-electron chi connectivity index (χ1n) is 10.5. The van der Waals surface area contributed by atoms with Crippen LogP contribution in [0.15, 0.2) is 67.1 Å². The molecule has 0 aliphatic heterocycles. The van der Waals surface area contributed by atoms with E-state index in [0.717, 1.165) is 27.4 Å². The molecule has 176 valence electrons. The van der Waals surface area contributed by atoms with Crippen LogP contribution in [0, 0.1) is 12.7 Å². The van der Waals surface area contributed by atoms with Crippen LogP contribution in [0.4, 0.5) is 21.8 Å². The maximum absolute atomic E-state index is 13.6. The van der Waals surface area contributed by atoms with Gasteiger partial charge in [-0.3, -0.25) is 9.78 Å². The Morgan fingerprint density at radius 1 is 1.09 bits per heavy atom. The molecule has 0 aliphatic carbocycles. The van der Waals surface area contributed by atoms with E-state index < -0.39 is 5.82 Å². The largest absolute Gasteiger partial charge is 0.483 e. The van der Waals surface area contributed by atoms with Gasteiger partial charge in [0.1, 0.15) is 11.3 Å². The smallest absolute Gasteiger partial charge is 0.290 e. The van der Waals surface area contributed by atoms with Gasteiger partial charge in [0.05, 0.1) is 10.5 Å². The number of carboxylic acid groups (broad SMARTS) is 1. The highest BCUT2D eigenvalue weighted by molar-refractivity contribution is 6.31. The molecule has 0 spiro atoms. The number of hydrogen-bond donors (Lipinski definition) is 3. The van der Waals surface area contributed by atoms with Crippen molar-refractivity contribution in [3.05, 3.63) is 89.1 Å². The average Bonchev–Trinajstić information content (AvgIpc) is 2.86. The minimum Gasteiger partial charge on any atom is -0.483 e. The fraction of sp³-hybridized carbons (Fsp3) is 0.0800. The van der Waals surface area contributed by atoms with Gasteiger partial charge in [-0.15, -0.1) is 0 Å². The van der Waals surface area contributed by atoms with Crippen molar-refractivity contribution in [2.45, 2.75) is 13.5 Å². The fourth-order valence-electron chi connectivity index (χ4n) is 3.46. The molecule has 0 unspecified atom stereocenters. The SMILES string of the molecule is Cc1ccc2c(c1)nc(Nc1ccc(F)c(Cl)c1)c1nc(NCc3cccnc3)ncc12.O=CO. The Morgan fingerprint density at radius 3 is 2.66 bits per heavy atom. The van der Waals surface area contributed by atoms with E-state index in [-0.39, 0.29) is 11.5 Å². The van der Waals surface area contributed by atoms with E-state index in [2.05, 4.69) is 20.6 Å². The number of aryl methyl sites for hydroxylation is 1. The fourth-order valence-corrected chi connectivity index (χ4v) is 3.64. The van der Waals surface area contributed by atoms with E-state index in [1.165, 1.54) is 12.1 Å². The number of nitrogens with one attached hydrogen (secondary N) is 2. The number of carbonyl (C=O) groups is 1. The number of benzene rings is 2. The Hall–Kier alpha value is -4.37. The summed E-state index contributed by atoms with van der Waals surface area (Å²) in [5, 5.41) is 15.2. The lowest BCUT2D eigenvalue weighted by atomic mass is 10.1. The van der Waals surface area contributed by atoms with Crippen molar-refractivity contribution in [2.75, 3.05) is 10.6 Å². The van der Waals surface area contributed by atoms with Crippen molar-refractivity contribution < 1.29 is 14.3 Å². The molecule has 0 aliphatic rings. The van der Waals surface area contributed by atoms with Crippen LogP contribution >= 0.6 is 11.6 Å². The summed E-state index contributed by atoms with van der Waals surface area (Å²) >= 11 is 5.96. The van der Waals surface area contributed by atoms with Crippen LogP contribution in [0.3, 0.4) is 0 Å². The molecule has 0 fully saturated rings. The second-order valence-electron chi connectivity index (χ2n) is 7.51. The van der Waals surface area contributed by atoms with Gasteiger partial charge in [0, 0.05) is 41.6 Å². The molecule has 8 nitrogen and oxygen atoms in total.